The lowest BCUT2D eigenvalue weighted by molar-refractivity contribution is -0.139. The molecule has 0 spiro atoms. The molecule has 10 heteroatoms. The Hall–Kier alpha value is -3.07. The van der Waals surface area contributed by atoms with E-state index in [0.717, 1.165) is 9.87 Å². The van der Waals surface area contributed by atoms with E-state index in [1.807, 2.05) is 37.3 Å². The van der Waals surface area contributed by atoms with Crippen molar-refractivity contribution in [3.63, 3.8) is 0 Å². The fourth-order valence-electron chi connectivity index (χ4n) is 4.08. The Morgan fingerprint density at radius 3 is 2.18 bits per heavy atom. The standard InChI is InChI=1S/C28H31Cl2N3O4S/c1-3-26(28(35)31-4-2)32(18-17-21-9-6-5-7-10-21)27(34)20-33(24-12-8-11-23(30)19-24)38(36,37)25-15-13-22(29)14-16-25/h5-16,19,26H,3-4,17-18,20H2,1-2H3,(H,31,35)/t26-/m0/s1. The van der Waals surface area contributed by atoms with Gasteiger partial charge in [-0.15, -0.1) is 0 Å². The topological polar surface area (TPSA) is 86.8 Å². The van der Waals surface area contributed by atoms with Gasteiger partial charge in [0.15, 0.2) is 0 Å². The summed E-state index contributed by atoms with van der Waals surface area (Å²) in [6, 6.07) is 20.8. The summed E-state index contributed by atoms with van der Waals surface area (Å²) in [5.74, 6) is -0.789. The fourth-order valence-corrected chi connectivity index (χ4v) is 5.80. The Morgan fingerprint density at radius 2 is 1.58 bits per heavy atom. The summed E-state index contributed by atoms with van der Waals surface area (Å²) >= 11 is 12.2. The molecule has 0 saturated heterocycles. The van der Waals surface area contributed by atoms with Gasteiger partial charge in [-0.25, -0.2) is 8.42 Å². The third-order valence-corrected chi connectivity index (χ3v) is 8.27. The number of anilines is 1. The van der Waals surface area contributed by atoms with E-state index in [0.29, 0.717) is 29.4 Å². The molecule has 7 nitrogen and oxygen atoms in total. The molecule has 0 aliphatic carbocycles. The van der Waals surface area contributed by atoms with E-state index in [1.165, 1.54) is 35.2 Å². The minimum Gasteiger partial charge on any atom is -0.355 e. The van der Waals surface area contributed by atoms with Crippen LogP contribution in [0.4, 0.5) is 5.69 Å². The van der Waals surface area contributed by atoms with Gasteiger partial charge < -0.3 is 10.2 Å². The lowest BCUT2D eigenvalue weighted by atomic mass is 10.1. The first-order chi connectivity index (χ1) is 18.2. The number of nitrogens with one attached hydrogen (secondary N) is 1. The molecule has 0 heterocycles. The van der Waals surface area contributed by atoms with Crippen molar-refractivity contribution in [3.05, 3.63) is 94.5 Å². The van der Waals surface area contributed by atoms with Crippen LogP contribution in [0.25, 0.3) is 0 Å². The SMILES string of the molecule is CCNC(=O)[C@H](CC)N(CCc1ccccc1)C(=O)CN(c1cccc(Cl)c1)S(=O)(=O)c1ccc(Cl)cc1. The molecule has 1 atom stereocenters. The summed E-state index contributed by atoms with van der Waals surface area (Å²) < 4.78 is 28.5. The van der Waals surface area contributed by atoms with Gasteiger partial charge in [0.25, 0.3) is 10.0 Å². The van der Waals surface area contributed by atoms with E-state index in [2.05, 4.69) is 5.32 Å². The highest BCUT2D eigenvalue weighted by molar-refractivity contribution is 7.92. The molecule has 3 rings (SSSR count). The number of likely N-dealkylation sites (N-methyl/N-ethyl adjacent to an activating group) is 1. The van der Waals surface area contributed by atoms with Crippen LogP contribution in [0, 0.1) is 0 Å². The zero-order chi connectivity index (χ0) is 27.7. The van der Waals surface area contributed by atoms with Gasteiger partial charge in [-0.2, -0.15) is 0 Å². The smallest absolute Gasteiger partial charge is 0.264 e. The first-order valence-corrected chi connectivity index (χ1v) is 14.5. The number of benzene rings is 3. The number of carbonyl (C=O) groups excluding carboxylic acids is 2. The van der Waals surface area contributed by atoms with Crippen molar-refractivity contribution in [2.24, 2.45) is 0 Å². The van der Waals surface area contributed by atoms with Crippen LogP contribution in [-0.4, -0.2) is 50.8 Å². The largest absolute Gasteiger partial charge is 0.355 e. The van der Waals surface area contributed by atoms with Crippen molar-refractivity contribution in [2.45, 2.75) is 37.6 Å². The van der Waals surface area contributed by atoms with Gasteiger partial charge in [-0.3, -0.25) is 13.9 Å². The van der Waals surface area contributed by atoms with E-state index in [4.69, 9.17) is 23.2 Å². The molecule has 0 fully saturated rings. The molecular formula is C28H31Cl2N3O4S. The second-order valence-electron chi connectivity index (χ2n) is 8.59. The van der Waals surface area contributed by atoms with Crippen LogP contribution in [-0.2, 0) is 26.0 Å². The summed E-state index contributed by atoms with van der Waals surface area (Å²) in [5, 5.41) is 3.49. The highest BCUT2D eigenvalue weighted by atomic mass is 35.5. The van der Waals surface area contributed by atoms with Crippen LogP contribution in [0.15, 0.2) is 83.8 Å². The summed E-state index contributed by atoms with van der Waals surface area (Å²) in [6.45, 7) is 3.76. The van der Waals surface area contributed by atoms with E-state index >= 15 is 0 Å². The summed E-state index contributed by atoms with van der Waals surface area (Å²) in [6.07, 6.45) is 0.872. The van der Waals surface area contributed by atoms with Gasteiger partial charge in [-0.05, 0) is 67.8 Å². The molecule has 0 aliphatic heterocycles. The quantitative estimate of drug-likeness (QED) is 0.322. The Balaban J connectivity index is 2.00. The predicted octanol–water partition coefficient (Wildman–Crippen LogP) is 5.17. The maximum Gasteiger partial charge on any atom is 0.264 e. The molecule has 0 aromatic heterocycles. The first-order valence-electron chi connectivity index (χ1n) is 12.3. The van der Waals surface area contributed by atoms with Gasteiger partial charge in [-0.1, -0.05) is 66.5 Å². The molecular weight excluding hydrogens is 545 g/mol. The number of amides is 2. The molecule has 38 heavy (non-hydrogen) atoms. The van der Waals surface area contributed by atoms with Gasteiger partial charge in [0.05, 0.1) is 10.6 Å². The number of halogens is 2. The molecule has 0 saturated carbocycles. The van der Waals surface area contributed by atoms with E-state index in [1.54, 1.807) is 25.1 Å². The Morgan fingerprint density at radius 1 is 0.895 bits per heavy atom. The second kappa shape index (κ2) is 13.6. The van der Waals surface area contributed by atoms with E-state index in [9.17, 15) is 18.0 Å². The van der Waals surface area contributed by atoms with Crippen molar-refractivity contribution < 1.29 is 18.0 Å². The van der Waals surface area contributed by atoms with Crippen molar-refractivity contribution in [2.75, 3.05) is 23.9 Å². The molecule has 1 N–H and O–H groups in total. The number of nitrogens with zero attached hydrogens (tertiary/aromatic N) is 2. The van der Waals surface area contributed by atoms with Crippen LogP contribution in [0.3, 0.4) is 0 Å². The van der Waals surface area contributed by atoms with Crippen molar-refractivity contribution >= 4 is 50.7 Å². The Labute approximate surface area is 234 Å². The average molecular weight is 577 g/mol. The molecule has 0 unspecified atom stereocenters. The van der Waals surface area contributed by atoms with Crippen LogP contribution in [0.5, 0.6) is 0 Å². The summed E-state index contributed by atoms with van der Waals surface area (Å²) in [5.41, 5.74) is 1.23. The van der Waals surface area contributed by atoms with Crippen LogP contribution < -0.4 is 9.62 Å². The second-order valence-corrected chi connectivity index (χ2v) is 11.3. The molecule has 0 aliphatic rings. The lowest BCUT2D eigenvalue weighted by Gasteiger charge is -2.33. The minimum absolute atomic E-state index is 0.0266. The average Bonchev–Trinajstić information content (AvgIpc) is 2.90. The van der Waals surface area contributed by atoms with Crippen LogP contribution in [0.1, 0.15) is 25.8 Å². The first kappa shape index (κ1) is 29.5. The molecule has 2 amide bonds. The highest BCUT2D eigenvalue weighted by Crippen LogP contribution is 2.27. The van der Waals surface area contributed by atoms with Gasteiger partial charge in [0, 0.05) is 23.1 Å². The normalized spacial score (nSPS) is 12.0. The Kier molecular flexibility index (Phi) is 10.6. The summed E-state index contributed by atoms with van der Waals surface area (Å²) in [4.78, 5) is 28.2. The van der Waals surface area contributed by atoms with E-state index < -0.39 is 28.5 Å². The minimum atomic E-state index is -4.18. The Bertz CT molecular complexity index is 1340. The maximum absolute atomic E-state index is 13.9. The molecule has 3 aromatic rings. The van der Waals surface area contributed by atoms with Crippen molar-refractivity contribution in [1.29, 1.82) is 0 Å². The highest BCUT2D eigenvalue weighted by Gasteiger charge is 2.33. The van der Waals surface area contributed by atoms with Crippen LogP contribution >= 0.6 is 23.2 Å². The number of hydrogen-bond acceptors (Lipinski definition) is 4. The molecule has 0 radical (unpaired) electrons. The molecule has 3 aromatic carbocycles. The third-order valence-electron chi connectivity index (χ3n) is 6.00. The number of hydrogen-bond donors (Lipinski definition) is 1. The van der Waals surface area contributed by atoms with E-state index in [-0.39, 0.29) is 23.0 Å². The van der Waals surface area contributed by atoms with Crippen LogP contribution in [0.2, 0.25) is 10.0 Å². The number of carbonyl (C=O) groups is 2. The van der Waals surface area contributed by atoms with Crippen molar-refractivity contribution in [3.8, 4) is 0 Å². The monoisotopic (exact) mass is 575 g/mol. The third kappa shape index (κ3) is 7.49. The van der Waals surface area contributed by atoms with Gasteiger partial charge >= 0.3 is 0 Å². The lowest BCUT2D eigenvalue weighted by Crippen LogP contribution is -2.53. The molecule has 0 bridgehead atoms. The zero-order valence-electron chi connectivity index (χ0n) is 21.3. The van der Waals surface area contributed by atoms with Crippen molar-refractivity contribution in [1.82, 2.24) is 10.2 Å². The number of sulfonamides is 1. The van der Waals surface area contributed by atoms with Gasteiger partial charge in [0.2, 0.25) is 11.8 Å². The zero-order valence-corrected chi connectivity index (χ0v) is 23.6. The fraction of sp³-hybridized carbons (Fsp3) is 0.286. The summed E-state index contributed by atoms with van der Waals surface area (Å²) in [7, 11) is -4.18. The molecule has 202 valence electrons. The maximum atomic E-state index is 13.9. The van der Waals surface area contributed by atoms with Gasteiger partial charge in [0.1, 0.15) is 12.6 Å². The predicted molar refractivity (Wildman–Crippen MR) is 152 cm³/mol. The number of rotatable bonds is 12.